The molecule has 0 fully saturated rings. The smallest absolute Gasteiger partial charge is 0.258 e. The third kappa shape index (κ3) is 3.89. The summed E-state index contributed by atoms with van der Waals surface area (Å²) in [6.07, 6.45) is 2.89. The first-order valence-electron chi connectivity index (χ1n) is 7.23. The molecule has 0 aliphatic rings. The van der Waals surface area contributed by atoms with Gasteiger partial charge >= 0.3 is 0 Å². The average molecular weight is 335 g/mol. The Labute approximate surface area is 142 Å². The van der Waals surface area contributed by atoms with E-state index in [9.17, 15) is 4.79 Å². The number of carbonyl (C=O) groups is 1. The van der Waals surface area contributed by atoms with Gasteiger partial charge in [0.2, 0.25) is 5.82 Å². The Morgan fingerprint density at radius 3 is 2.68 bits per heavy atom. The molecule has 3 aromatic rings. The van der Waals surface area contributed by atoms with Gasteiger partial charge in [-0.15, -0.1) is 10.2 Å². The van der Waals surface area contributed by atoms with Crippen LogP contribution in [0.5, 0.6) is 0 Å². The Hall–Kier alpha value is -3.93. The molecule has 0 spiro atoms. The number of nitrogens with zero attached hydrogens (tertiary/aromatic N) is 4. The fraction of sp³-hybridized carbons (Fsp3) is 0.0625. The summed E-state index contributed by atoms with van der Waals surface area (Å²) in [4.78, 5) is 12.0. The van der Waals surface area contributed by atoms with Crippen molar-refractivity contribution in [3.05, 3.63) is 59.9 Å². The molecule has 1 amide bonds. The zero-order chi connectivity index (χ0) is 17.6. The Balaban J connectivity index is 1.64. The van der Waals surface area contributed by atoms with E-state index >= 15 is 0 Å². The minimum absolute atomic E-state index is 0.203. The van der Waals surface area contributed by atoms with Gasteiger partial charge in [0.05, 0.1) is 5.56 Å². The van der Waals surface area contributed by atoms with Crippen LogP contribution in [-0.4, -0.2) is 26.5 Å². The van der Waals surface area contributed by atoms with Crippen molar-refractivity contribution in [2.45, 2.75) is 6.92 Å². The van der Waals surface area contributed by atoms with Gasteiger partial charge < -0.3 is 15.1 Å². The highest BCUT2D eigenvalue weighted by molar-refractivity contribution is 6.04. The summed E-state index contributed by atoms with van der Waals surface area (Å²) in [5.74, 6) is 0.627. The number of aryl methyl sites for hydroxylation is 1. The number of H-pyrrole nitrogens is 1. The number of carbonyl (C=O) groups excluding carboxylic acids is 1. The van der Waals surface area contributed by atoms with Crippen LogP contribution in [0.4, 0.5) is 11.4 Å². The topological polar surface area (TPSA) is 133 Å². The number of aromatic nitrogens is 4. The molecule has 0 bridgehead atoms. The van der Waals surface area contributed by atoms with Crippen molar-refractivity contribution in [2.24, 2.45) is 0 Å². The molecule has 0 atom stereocenters. The molecule has 3 rings (SSSR count). The standard InChI is InChI=1S/C16H13N7O2/c1-10-6-11(9-25-10)16(24)19-14-4-2-13(3-5-14)18-8-12(7-17)15-20-22-23-21-15/h2-6,8-9,18H,1H3,(H,19,24)(H,20,21,22,23). The molecule has 9 nitrogen and oxygen atoms in total. The predicted molar refractivity (Wildman–Crippen MR) is 89.2 cm³/mol. The summed E-state index contributed by atoms with van der Waals surface area (Å²) in [5, 5.41) is 28.0. The number of nitriles is 1. The Bertz CT molecular complexity index is 934. The van der Waals surface area contributed by atoms with Crippen molar-refractivity contribution < 1.29 is 9.21 Å². The lowest BCUT2D eigenvalue weighted by Gasteiger charge is -2.05. The number of furan rings is 1. The second-order valence-corrected chi connectivity index (χ2v) is 5.03. The molecule has 2 aromatic heterocycles. The quantitative estimate of drug-likeness (QED) is 0.609. The van der Waals surface area contributed by atoms with E-state index < -0.39 is 0 Å². The minimum atomic E-state index is -0.249. The molecule has 1 aromatic carbocycles. The second-order valence-electron chi connectivity index (χ2n) is 5.03. The summed E-state index contributed by atoms with van der Waals surface area (Å²) in [6.45, 7) is 1.77. The predicted octanol–water partition coefficient (Wildman–Crippen LogP) is 2.33. The highest BCUT2D eigenvalue weighted by Crippen LogP contribution is 2.16. The van der Waals surface area contributed by atoms with Crippen LogP contribution in [0.1, 0.15) is 21.9 Å². The fourth-order valence-corrected chi connectivity index (χ4v) is 1.99. The zero-order valence-corrected chi connectivity index (χ0v) is 13.1. The van der Waals surface area contributed by atoms with Crippen LogP contribution >= 0.6 is 0 Å². The van der Waals surface area contributed by atoms with E-state index in [0.717, 1.165) is 5.69 Å². The van der Waals surface area contributed by atoms with Gasteiger partial charge in [0.1, 0.15) is 23.7 Å². The number of nitrogens with one attached hydrogen (secondary N) is 3. The third-order valence-corrected chi connectivity index (χ3v) is 3.23. The first kappa shape index (κ1) is 15.9. The molecular weight excluding hydrogens is 322 g/mol. The Morgan fingerprint density at radius 1 is 1.32 bits per heavy atom. The molecule has 3 N–H and O–H groups in total. The lowest BCUT2D eigenvalue weighted by atomic mass is 10.2. The normalized spacial score (nSPS) is 11.0. The van der Waals surface area contributed by atoms with Crippen LogP contribution in [0, 0.1) is 18.3 Å². The number of benzene rings is 1. The van der Waals surface area contributed by atoms with Gasteiger partial charge in [-0.1, -0.05) is 0 Å². The van der Waals surface area contributed by atoms with Crippen LogP contribution in [0.2, 0.25) is 0 Å². The van der Waals surface area contributed by atoms with Gasteiger partial charge in [-0.05, 0) is 42.5 Å². The molecule has 0 aliphatic carbocycles. The van der Waals surface area contributed by atoms with Gasteiger partial charge in [-0.2, -0.15) is 10.5 Å². The van der Waals surface area contributed by atoms with Crippen molar-refractivity contribution in [2.75, 3.05) is 10.6 Å². The van der Waals surface area contributed by atoms with Crippen molar-refractivity contribution in [3.63, 3.8) is 0 Å². The maximum Gasteiger partial charge on any atom is 0.258 e. The first-order chi connectivity index (χ1) is 12.2. The number of allylic oxidation sites excluding steroid dienone is 1. The monoisotopic (exact) mass is 335 g/mol. The van der Waals surface area contributed by atoms with E-state index in [1.165, 1.54) is 12.5 Å². The van der Waals surface area contributed by atoms with Gasteiger partial charge in [0, 0.05) is 17.6 Å². The maximum atomic E-state index is 12.0. The van der Waals surface area contributed by atoms with Crippen molar-refractivity contribution in [1.82, 2.24) is 20.6 Å². The van der Waals surface area contributed by atoms with Crippen LogP contribution in [0.25, 0.3) is 5.57 Å². The Morgan fingerprint density at radius 2 is 2.08 bits per heavy atom. The summed E-state index contributed by atoms with van der Waals surface area (Å²) < 4.78 is 5.12. The van der Waals surface area contributed by atoms with E-state index in [2.05, 4.69) is 31.3 Å². The van der Waals surface area contributed by atoms with Crippen LogP contribution in [0.3, 0.4) is 0 Å². The van der Waals surface area contributed by atoms with Crippen LogP contribution in [0.15, 0.2) is 47.2 Å². The van der Waals surface area contributed by atoms with Crippen LogP contribution in [-0.2, 0) is 0 Å². The summed E-state index contributed by atoms with van der Waals surface area (Å²) in [5.41, 5.74) is 2.06. The first-order valence-corrected chi connectivity index (χ1v) is 7.23. The molecule has 2 heterocycles. The molecule has 124 valence electrons. The number of anilines is 2. The lowest BCUT2D eigenvalue weighted by Crippen LogP contribution is -2.10. The van der Waals surface area contributed by atoms with Gasteiger partial charge in [0.25, 0.3) is 5.91 Å². The number of rotatable bonds is 5. The van der Waals surface area contributed by atoms with Crippen molar-refractivity contribution in [1.29, 1.82) is 5.26 Å². The number of hydrogen-bond donors (Lipinski definition) is 3. The van der Waals surface area contributed by atoms with Crippen molar-refractivity contribution >= 4 is 22.9 Å². The summed E-state index contributed by atoms with van der Waals surface area (Å²) in [6, 6.07) is 10.6. The molecule has 25 heavy (non-hydrogen) atoms. The number of aromatic amines is 1. The third-order valence-electron chi connectivity index (χ3n) is 3.23. The van der Waals surface area contributed by atoms with E-state index in [-0.39, 0.29) is 17.3 Å². The second kappa shape index (κ2) is 7.10. The van der Waals surface area contributed by atoms with E-state index in [1.54, 1.807) is 37.3 Å². The number of tetrazole rings is 1. The van der Waals surface area contributed by atoms with Crippen molar-refractivity contribution in [3.8, 4) is 6.07 Å². The SMILES string of the molecule is Cc1cc(C(=O)Nc2ccc(NC=C(C#N)c3nn[nH]n3)cc2)co1. The highest BCUT2D eigenvalue weighted by atomic mass is 16.3. The molecular formula is C16H13N7O2. The van der Waals surface area contributed by atoms with Crippen LogP contribution < -0.4 is 10.6 Å². The molecule has 0 radical (unpaired) electrons. The molecule has 0 saturated carbocycles. The fourth-order valence-electron chi connectivity index (χ4n) is 1.99. The molecule has 0 aliphatic heterocycles. The highest BCUT2D eigenvalue weighted by Gasteiger charge is 2.09. The van der Waals surface area contributed by atoms with Gasteiger partial charge in [-0.25, -0.2) is 0 Å². The molecule has 9 heteroatoms. The summed E-state index contributed by atoms with van der Waals surface area (Å²) in [7, 11) is 0. The number of amides is 1. The van der Waals surface area contributed by atoms with E-state index in [4.69, 9.17) is 9.68 Å². The Kier molecular flexibility index (Phi) is 4.53. The number of hydrogen-bond acceptors (Lipinski definition) is 7. The van der Waals surface area contributed by atoms with E-state index in [0.29, 0.717) is 17.0 Å². The molecule has 0 unspecified atom stereocenters. The summed E-state index contributed by atoms with van der Waals surface area (Å²) >= 11 is 0. The average Bonchev–Trinajstić information content (AvgIpc) is 3.29. The minimum Gasteiger partial charge on any atom is -0.469 e. The van der Waals surface area contributed by atoms with Gasteiger partial charge in [-0.3, -0.25) is 4.79 Å². The molecule has 0 saturated heterocycles. The largest absolute Gasteiger partial charge is 0.469 e. The van der Waals surface area contributed by atoms with E-state index in [1.807, 2.05) is 6.07 Å². The lowest BCUT2D eigenvalue weighted by molar-refractivity contribution is 0.102. The zero-order valence-electron chi connectivity index (χ0n) is 13.1. The maximum absolute atomic E-state index is 12.0. The van der Waals surface area contributed by atoms with Gasteiger partial charge in [0.15, 0.2) is 0 Å².